The van der Waals surface area contributed by atoms with Gasteiger partial charge in [-0.15, -0.1) is 0 Å². The minimum Gasteiger partial charge on any atom is -0.399 e. The molecular weight excluding hydrogens is 248 g/mol. The van der Waals surface area contributed by atoms with Gasteiger partial charge < -0.3 is 10.3 Å². The zero-order chi connectivity index (χ0) is 13.3. The summed E-state index contributed by atoms with van der Waals surface area (Å²) in [6.07, 6.45) is 0. The van der Waals surface area contributed by atoms with E-state index in [4.69, 9.17) is 5.73 Å². The molecule has 0 bridgehead atoms. The van der Waals surface area contributed by atoms with Gasteiger partial charge in [0.1, 0.15) is 0 Å². The van der Waals surface area contributed by atoms with Crippen molar-refractivity contribution in [2.75, 3.05) is 11.5 Å². The van der Waals surface area contributed by atoms with Crippen LogP contribution in [0.4, 0.5) is 5.69 Å². The molecule has 0 aliphatic heterocycles. The summed E-state index contributed by atoms with van der Waals surface area (Å²) in [5.41, 5.74) is 8.31. The molecule has 0 fully saturated rings. The molecule has 1 aromatic carbocycles. The number of hydrogen-bond donors (Lipinski definition) is 1. The fourth-order valence-electron chi connectivity index (χ4n) is 2.15. The van der Waals surface area contributed by atoms with Gasteiger partial charge >= 0.3 is 0 Å². The van der Waals surface area contributed by atoms with Gasteiger partial charge in [-0.05, 0) is 25.1 Å². The molecule has 0 saturated carbocycles. The summed E-state index contributed by atoms with van der Waals surface area (Å²) in [5, 5.41) is 1.03. The average molecular weight is 266 g/mol. The second kappa shape index (κ2) is 4.65. The van der Waals surface area contributed by atoms with Crippen LogP contribution in [0.15, 0.2) is 24.3 Å². The maximum absolute atomic E-state index is 11.7. The normalized spacial score (nSPS) is 12.1. The highest BCUT2D eigenvalue weighted by Gasteiger charge is 2.14. The first kappa shape index (κ1) is 13.0. The van der Waals surface area contributed by atoms with Gasteiger partial charge in [0.25, 0.3) is 0 Å². The quantitative estimate of drug-likeness (QED) is 0.863. The van der Waals surface area contributed by atoms with Gasteiger partial charge in [-0.1, -0.05) is 13.0 Å². The molecular formula is C13H18N2O2S. The van der Waals surface area contributed by atoms with Gasteiger partial charge in [-0.3, -0.25) is 0 Å². The molecule has 1 heterocycles. The van der Waals surface area contributed by atoms with Crippen molar-refractivity contribution in [3.8, 4) is 0 Å². The van der Waals surface area contributed by atoms with Crippen molar-refractivity contribution in [2.45, 2.75) is 26.1 Å². The van der Waals surface area contributed by atoms with Gasteiger partial charge in [-0.25, -0.2) is 8.42 Å². The number of nitrogen functional groups attached to an aromatic ring is 1. The molecule has 1 aromatic heterocycles. The second-order valence-electron chi connectivity index (χ2n) is 4.37. The number of aryl methyl sites for hydroxylation is 1. The van der Waals surface area contributed by atoms with Crippen LogP contribution in [0.25, 0.3) is 10.9 Å². The van der Waals surface area contributed by atoms with E-state index in [1.807, 2.05) is 35.8 Å². The Bertz CT molecular complexity index is 672. The van der Waals surface area contributed by atoms with E-state index in [-0.39, 0.29) is 11.5 Å². The van der Waals surface area contributed by atoms with Crippen LogP contribution in [-0.2, 0) is 22.1 Å². The first-order chi connectivity index (χ1) is 8.46. The third-order valence-corrected chi connectivity index (χ3v) is 4.75. The van der Waals surface area contributed by atoms with E-state index in [9.17, 15) is 8.42 Å². The van der Waals surface area contributed by atoms with Gasteiger partial charge in [0.15, 0.2) is 9.84 Å². The lowest BCUT2D eigenvalue weighted by Crippen LogP contribution is -2.10. The highest BCUT2D eigenvalue weighted by molar-refractivity contribution is 7.90. The Balaban J connectivity index is 2.58. The Morgan fingerprint density at radius 1 is 1.22 bits per heavy atom. The summed E-state index contributed by atoms with van der Waals surface area (Å²) >= 11 is 0. The van der Waals surface area contributed by atoms with Crippen LogP contribution in [-0.4, -0.2) is 18.7 Å². The molecule has 0 spiro atoms. The topological polar surface area (TPSA) is 65.1 Å². The summed E-state index contributed by atoms with van der Waals surface area (Å²) in [4.78, 5) is 0. The Morgan fingerprint density at radius 2 is 1.94 bits per heavy atom. The van der Waals surface area contributed by atoms with E-state index in [1.54, 1.807) is 6.92 Å². The van der Waals surface area contributed by atoms with Crippen LogP contribution in [0.5, 0.6) is 0 Å². The molecule has 0 radical (unpaired) electrons. The van der Waals surface area contributed by atoms with E-state index in [0.717, 1.165) is 23.1 Å². The third kappa shape index (κ3) is 2.36. The first-order valence-corrected chi connectivity index (χ1v) is 7.87. The molecule has 2 N–H and O–H groups in total. The van der Waals surface area contributed by atoms with Crippen molar-refractivity contribution in [1.82, 2.24) is 4.57 Å². The third-order valence-electron chi connectivity index (χ3n) is 3.14. The number of nitrogens with two attached hydrogens (primary N) is 1. The lowest BCUT2D eigenvalue weighted by molar-refractivity contribution is 0.594. The van der Waals surface area contributed by atoms with E-state index in [0.29, 0.717) is 5.69 Å². The first-order valence-electron chi connectivity index (χ1n) is 6.05. The van der Waals surface area contributed by atoms with Gasteiger partial charge in [-0.2, -0.15) is 0 Å². The van der Waals surface area contributed by atoms with Crippen molar-refractivity contribution in [2.24, 2.45) is 0 Å². The Kier molecular flexibility index (Phi) is 3.34. The summed E-state index contributed by atoms with van der Waals surface area (Å²) in [6.45, 7) is 4.42. The highest BCUT2D eigenvalue weighted by atomic mass is 32.2. The largest absolute Gasteiger partial charge is 0.399 e. The zero-order valence-corrected chi connectivity index (χ0v) is 11.5. The van der Waals surface area contributed by atoms with Crippen LogP contribution in [0.2, 0.25) is 0 Å². The van der Waals surface area contributed by atoms with Crippen molar-refractivity contribution < 1.29 is 8.42 Å². The predicted octanol–water partition coefficient (Wildman–Crippen LogP) is 2.18. The van der Waals surface area contributed by atoms with Crippen LogP contribution >= 0.6 is 0 Å². The molecule has 5 heteroatoms. The maximum Gasteiger partial charge on any atom is 0.155 e. The number of fused-ring (bicyclic) bond motifs is 1. The molecule has 2 rings (SSSR count). The van der Waals surface area contributed by atoms with Crippen LogP contribution in [0.3, 0.4) is 0 Å². The minimum absolute atomic E-state index is 0.0892. The number of rotatable bonds is 4. The molecule has 0 atom stereocenters. The van der Waals surface area contributed by atoms with E-state index in [1.165, 1.54) is 0 Å². The molecule has 0 aliphatic rings. The van der Waals surface area contributed by atoms with Crippen molar-refractivity contribution in [1.29, 1.82) is 0 Å². The monoisotopic (exact) mass is 266 g/mol. The summed E-state index contributed by atoms with van der Waals surface area (Å²) in [5.74, 6) is 0.256. The molecule has 0 amide bonds. The highest BCUT2D eigenvalue weighted by Crippen LogP contribution is 2.23. The second-order valence-corrected chi connectivity index (χ2v) is 6.73. The maximum atomic E-state index is 11.7. The summed E-state index contributed by atoms with van der Waals surface area (Å²) in [6, 6.07) is 7.59. The lowest BCUT2D eigenvalue weighted by Gasteiger charge is -2.08. The van der Waals surface area contributed by atoms with Crippen molar-refractivity contribution in [3.63, 3.8) is 0 Å². The zero-order valence-electron chi connectivity index (χ0n) is 10.7. The summed E-state index contributed by atoms with van der Waals surface area (Å²) < 4.78 is 25.5. The number of anilines is 1. The van der Waals surface area contributed by atoms with Crippen LogP contribution in [0, 0.1) is 0 Å². The minimum atomic E-state index is -3.01. The number of aromatic nitrogens is 1. The Morgan fingerprint density at radius 3 is 2.56 bits per heavy atom. The van der Waals surface area contributed by atoms with E-state index in [2.05, 4.69) is 0 Å². The number of hydrogen-bond acceptors (Lipinski definition) is 3. The predicted molar refractivity (Wildman–Crippen MR) is 75.2 cm³/mol. The SMILES string of the molecule is CCn1c(CS(=O)(=O)CC)cc2ccc(N)cc21. The smallest absolute Gasteiger partial charge is 0.155 e. The number of nitrogens with zero attached hydrogens (tertiary/aromatic N) is 1. The van der Waals surface area contributed by atoms with Gasteiger partial charge in [0.05, 0.1) is 11.3 Å². The lowest BCUT2D eigenvalue weighted by atomic mass is 10.2. The van der Waals surface area contributed by atoms with Gasteiger partial charge in [0, 0.05) is 29.1 Å². The van der Waals surface area contributed by atoms with Crippen molar-refractivity contribution >= 4 is 26.4 Å². The van der Waals surface area contributed by atoms with Crippen LogP contribution in [0.1, 0.15) is 19.5 Å². The molecule has 0 saturated heterocycles. The van der Waals surface area contributed by atoms with E-state index >= 15 is 0 Å². The fraction of sp³-hybridized carbons (Fsp3) is 0.385. The van der Waals surface area contributed by atoms with Crippen molar-refractivity contribution in [3.05, 3.63) is 30.0 Å². The van der Waals surface area contributed by atoms with Crippen LogP contribution < -0.4 is 5.73 Å². The molecule has 0 aliphatic carbocycles. The molecule has 2 aromatic rings. The van der Waals surface area contributed by atoms with E-state index < -0.39 is 9.84 Å². The summed E-state index contributed by atoms with van der Waals surface area (Å²) in [7, 11) is -3.01. The Hall–Kier alpha value is -1.49. The average Bonchev–Trinajstić information content (AvgIpc) is 2.64. The number of benzene rings is 1. The van der Waals surface area contributed by atoms with Gasteiger partial charge in [0.2, 0.25) is 0 Å². The molecule has 18 heavy (non-hydrogen) atoms. The Labute approximate surface area is 107 Å². The molecule has 98 valence electrons. The standard InChI is InChI=1S/C13H18N2O2S/c1-3-15-12(9-18(16,17)4-2)7-10-5-6-11(14)8-13(10)15/h5-8H,3-4,9,14H2,1-2H3. The molecule has 0 unspecified atom stereocenters. The molecule has 4 nitrogen and oxygen atoms in total. The fourth-order valence-corrected chi connectivity index (χ4v) is 3.04. The number of sulfone groups is 1.